The van der Waals surface area contributed by atoms with Gasteiger partial charge in [-0.05, 0) is 55.2 Å². The Morgan fingerprint density at radius 3 is 2.48 bits per heavy atom. The zero-order valence-corrected chi connectivity index (χ0v) is 15.7. The standard InChI is InChI=1S/C21H31N3O/c1-22(2)19-8-5-16(6-9-19)11-21(25)24-14-18-7-10-20(15-24)23(13-18)12-17-3-4-17/h5-6,8-9,17-18,20H,3-4,7,10-15H2,1-2H3/t18-,20-/m0/s1. The van der Waals surface area contributed by atoms with E-state index in [-0.39, 0.29) is 0 Å². The molecule has 1 aliphatic carbocycles. The predicted octanol–water partition coefficient (Wildman–Crippen LogP) is 2.63. The monoisotopic (exact) mass is 341 g/mol. The zero-order chi connectivity index (χ0) is 17.4. The van der Waals surface area contributed by atoms with E-state index < -0.39 is 0 Å². The van der Waals surface area contributed by atoms with Gasteiger partial charge >= 0.3 is 0 Å². The van der Waals surface area contributed by atoms with E-state index in [4.69, 9.17) is 0 Å². The first-order valence-electron chi connectivity index (χ1n) is 9.86. The number of piperidine rings is 1. The fourth-order valence-electron chi connectivity index (χ4n) is 4.44. The first kappa shape index (κ1) is 16.9. The summed E-state index contributed by atoms with van der Waals surface area (Å²) in [5.41, 5.74) is 2.31. The van der Waals surface area contributed by atoms with Gasteiger partial charge in [-0.15, -0.1) is 0 Å². The average Bonchev–Trinajstić information content (AvgIpc) is 3.43. The number of anilines is 1. The van der Waals surface area contributed by atoms with Crippen molar-refractivity contribution in [1.82, 2.24) is 9.80 Å². The number of amides is 1. The summed E-state index contributed by atoms with van der Waals surface area (Å²) < 4.78 is 0. The van der Waals surface area contributed by atoms with Crippen molar-refractivity contribution >= 4 is 11.6 Å². The molecule has 3 aliphatic heterocycles. The molecule has 1 amide bonds. The third-order valence-corrected chi connectivity index (χ3v) is 6.18. The van der Waals surface area contributed by atoms with Crippen molar-refractivity contribution in [3.05, 3.63) is 29.8 Å². The molecule has 0 unspecified atom stereocenters. The minimum Gasteiger partial charge on any atom is -0.378 e. The highest BCUT2D eigenvalue weighted by Gasteiger charge is 2.38. The third kappa shape index (κ3) is 4.00. The molecular formula is C21H31N3O. The molecule has 3 saturated heterocycles. The van der Waals surface area contributed by atoms with E-state index in [1.807, 2.05) is 14.1 Å². The molecule has 1 aromatic carbocycles. The molecule has 1 aromatic rings. The van der Waals surface area contributed by atoms with Gasteiger partial charge in [-0.2, -0.15) is 0 Å². The van der Waals surface area contributed by atoms with Crippen LogP contribution in [0.2, 0.25) is 0 Å². The quantitative estimate of drug-likeness (QED) is 0.824. The van der Waals surface area contributed by atoms with Crippen LogP contribution in [0, 0.1) is 11.8 Å². The van der Waals surface area contributed by atoms with E-state index in [1.165, 1.54) is 44.5 Å². The summed E-state index contributed by atoms with van der Waals surface area (Å²) >= 11 is 0. The number of rotatable bonds is 5. The smallest absolute Gasteiger partial charge is 0.227 e. The van der Waals surface area contributed by atoms with Gasteiger partial charge in [-0.25, -0.2) is 0 Å². The van der Waals surface area contributed by atoms with E-state index in [0.29, 0.717) is 24.3 Å². The van der Waals surface area contributed by atoms with Crippen molar-refractivity contribution < 1.29 is 4.79 Å². The Balaban J connectivity index is 1.38. The second-order valence-electron chi connectivity index (χ2n) is 8.53. The SMILES string of the molecule is CN(C)c1ccc(CC(=O)N2C[C@H]3CC[C@@H](C2)N(CC2CC2)C3)cc1. The van der Waals surface area contributed by atoms with Crippen LogP contribution in [-0.2, 0) is 11.2 Å². The zero-order valence-electron chi connectivity index (χ0n) is 15.7. The van der Waals surface area contributed by atoms with E-state index in [2.05, 4.69) is 39.0 Å². The van der Waals surface area contributed by atoms with Gasteiger partial charge in [-0.1, -0.05) is 12.1 Å². The highest BCUT2D eigenvalue weighted by Crippen LogP contribution is 2.35. The predicted molar refractivity (Wildman–Crippen MR) is 102 cm³/mol. The van der Waals surface area contributed by atoms with E-state index in [9.17, 15) is 4.79 Å². The molecule has 0 aromatic heterocycles. The summed E-state index contributed by atoms with van der Waals surface area (Å²) in [7, 11) is 4.08. The molecule has 2 bridgehead atoms. The molecule has 0 N–H and O–H groups in total. The van der Waals surface area contributed by atoms with Gasteiger partial charge in [0.2, 0.25) is 5.91 Å². The number of hydrogen-bond donors (Lipinski definition) is 0. The molecule has 1 saturated carbocycles. The second-order valence-corrected chi connectivity index (χ2v) is 8.53. The van der Waals surface area contributed by atoms with E-state index >= 15 is 0 Å². The van der Waals surface area contributed by atoms with Crippen LogP contribution >= 0.6 is 0 Å². The van der Waals surface area contributed by atoms with Crippen LogP contribution in [0.3, 0.4) is 0 Å². The van der Waals surface area contributed by atoms with Crippen LogP contribution in [0.1, 0.15) is 31.2 Å². The van der Waals surface area contributed by atoms with Gasteiger partial charge in [-0.3, -0.25) is 9.69 Å². The third-order valence-electron chi connectivity index (χ3n) is 6.18. The number of hydrogen-bond acceptors (Lipinski definition) is 3. The lowest BCUT2D eigenvalue weighted by molar-refractivity contribution is -0.130. The molecule has 4 aliphatic rings. The molecule has 0 radical (unpaired) electrons. The minimum absolute atomic E-state index is 0.308. The fourth-order valence-corrected chi connectivity index (χ4v) is 4.44. The number of carbonyl (C=O) groups excluding carboxylic acids is 1. The van der Waals surface area contributed by atoms with Gasteiger partial charge in [0, 0.05) is 52.0 Å². The van der Waals surface area contributed by atoms with Crippen LogP contribution in [-0.4, -0.2) is 62.0 Å². The lowest BCUT2D eigenvalue weighted by Gasteiger charge is -2.36. The summed E-state index contributed by atoms with van der Waals surface area (Å²) in [6.45, 7) is 4.39. The largest absolute Gasteiger partial charge is 0.378 e. The Hall–Kier alpha value is -1.55. The lowest BCUT2D eigenvalue weighted by Crippen LogP contribution is -2.45. The summed E-state index contributed by atoms with van der Waals surface area (Å²) in [5.74, 6) is 1.93. The number of nitrogens with zero attached hydrogens (tertiary/aromatic N) is 3. The van der Waals surface area contributed by atoms with Crippen LogP contribution in [0.5, 0.6) is 0 Å². The normalized spacial score (nSPS) is 26.6. The number of fused-ring (bicyclic) bond motifs is 4. The molecule has 0 spiro atoms. The maximum absolute atomic E-state index is 12.9. The highest BCUT2D eigenvalue weighted by atomic mass is 16.2. The summed E-state index contributed by atoms with van der Waals surface area (Å²) in [6.07, 6.45) is 5.95. The molecule has 4 fully saturated rings. The molecule has 4 heteroatoms. The van der Waals surface area contributed by atoms with Crippen molar-refractivity contribution in [2.24, 2.45) is 11.8 Å². The Labute approximate surface area is 151 Å². The van der Waals surface area contributed by atoms with Crippen LogP contribution < -0.4 is 4.90 Å². The topological polar surface area (TPSA) is 26.8 Å². The molecule has 3 heterocycles. The fraction of sp³-hybridized carbons (Fsp3) is 0.667. The van der Waals surface area contributed by atoms with Crippen LogP contribution in [0.15, 0.2) is 24.3 Å². The molecule has 5 rings (SSSR count). The van der Waals surface area contributed by atoms with Crippen LogP contribution in [0.25, 0.3) is 0 Å². The summed E-state index contributed by atoms with van der Waals surface area (Å²) in [4.78, 5) is 19.8. The Morgan fingerprint density at radius 1 is 1.04 bits per heavy atom. The van der Waals surface area contributed by atoms with Crippen molar-refractivity contribution in [2.45, 2.75) is 38.1 Å². The van der Waals surface area contributed by atoms with Gasteiger partial charge in [0.25, 0.3) is 0 Å². The van der Waals surface area contributed by atoms with E-state index in [1.54, 1.807) is 0 Å². The van der Waals surface area contributed by atoms with Crippen molar-refractivity contribution in [3.63, 3.8) is 0 Å². The minimum atomic E-state index is 0.308. The Morgan fingerprint density at radius 2 is 1.80 bits per heavy atom. The molecule has 136 valence electrons. The first-order chi connectivity index (χ1) is 12.1. The second kappa shape index (κ2) is 6.99. The molecule has 2 atom stereocenters. The van der Waals surface area contributed by atoms with Crippen LogP contribution in [0.4, 0.5) is 5.69 Å². The van der Waals surface area contributed by atoms with Crippen molar-refractivity contribution in [3.8, 4) is 0 Å². The maximum atomic E-state index is 12.9. The molecule has 4 nitrogen and oxygen atoms in total. The molecule has 25 heavy (non-hydrogen) atoms. The maximum Gasteiger partial charge on any atom is 0.227 e. The van der Waals surface area contributed by atoms with Gasteiger partial charge in [0.15, 0.2) is 0 Å². The van der Waals surface area contributed by atoms with Gasteiger partial charge in [0.05, 0.1) is 6.42 Å². The van der Waals surface area contributed by atoms with Crippen molar-refractivity contribution in [2.75, 3.05) is 45.2 Å². The summed E-state index contributed by atoms with van der Waals surface area (Å²) in [6, 6.07) is 9.00. The van der Waals surface area contributed by atoms with Gasteiger partial charge in [0.1, 0.15) is 0 Å². The summed E-state index contributed by atoms with van der Waals surface area (Å²) in [5, 5.41) is 0. The van der Waals surface area contributed by atoms with E-state index in [0.717, 1.165) is 24.6 Å². The van der Waals surface area contributed by atoms with Crippen molar-refractivity contribution in [1.29, 1.82) is 0 Å². The number of benzene rings is 1. The lowest BCUT2D eigenvalue weighted by atomic mass is 9.95. The first-order valence-corrected chi connectivity index (χ1v) is 9.86. The average molecular weight is 341 g/mol. The van der Waals surface area contributed by atoms with Gasteiger partial charge < -0.3 is 9.80 Å². The number of carbonyl (C=O) groups is 1. The molecular weight excluding hydrogens is 310 g/mol. The Bertz CT molecular complexity index is 608. The Kier molecular flexibility index (Phi) is 4.72. The highest BCUT2D eigenvalue weighted by molar-refractivity contribution is 5.79.